The zero-order valence-electron chi connectivity index (χ0n) is 12.1. The first-order valence-corrected chi connectivity index (χ1v) is 7.55. The van der Waals surface area contributed by atoms with Crippen LogP contribution in [0.1, 0.15) is 57.9 Å². The van der Waals surface area contributed by atoms with Gasteiger partial charge in [-0.3, -0.25) is 4.79 Å². The quantitative estimate of drug-likeness (QED) is 0.856. The largest absolute Gasteiger partial charge is 0.353 e. The van der Waals surface area contributed by atoms with E-state index in [0.717, 1.165) is 38.5 Å². The minimum atomic E-state index is -0.275. The number of hydrogen-bond donors (Lipinski definition) is 1. The van der Waals surface area contributed by atoms with E-state index in [2.05, 4.69) is 31.3 Å². The highest BCUT2D eigenvalue weighted by molar-refractivity contribution is 5.88. The third-order valence-electron chi connectivity index (χ3n) is 4.32. The van der Waals surface area contributed by atoms with Crippen LogP contribution in [-0.2, 0) is 10.2 Å². The van der Waals surface area contributed by atoms with Gasteiger partial charge >= 0.3 is 0 Å². The average molecular weight is 259 g/mol. The van der Waals surface area contributed by atoms with Gasteiger partial charge in [0.25, 0.3) is 0 Å². The summed E-state index contributed by atoms with van der Waals surface area (Å²) >= 11 is 0. The van der Waals surface area contributed by atoms with Gasteiger partial charge < -0.3 is 5.32 Å². The molecule has 0 heterocycles. The lowest BCUT2D eigenvalue weighted by molar-refractivity contribution is -0.127. The van der Waals surface area contributed by atoms with E-state index in [1.54, 1.807) is 0 Å². The number of benzene rings is 1. The normalized spacial score (nSPS) is 19.1. The van der Waals surface area contributed by atoms with Crippen LogP contribution in [0.2, 0.25) is 0 Å². The number of carbonyl (C=O) groups excluding carboxylic acids is 1. The summed E-state index contributed by atoms with van der Waals surface area (Å²) in [5, 5.41) is 3.22. The number of rotatable bonds is 5. The minimum absolute atomic E-state index is 0.233. The van der Waals surface area contributed by atoms with Crippen LogP contribution in [0.5, 0.6) is 0 Å². The number of carbonyl (C=O) groups is 1. The van der Waals surface area contributed by atoms with E-state index in [4.69, 9.17) is 0 Å². The molecular formula is C17H25NO. The number of nitrogens with one attached hydrogen (secondary N) is 1. The first-order valence-electron chi connectivity index (χ1n) is 7.55. The molecule has 19 heavy (non-hydrogen) atoms. The van der Waals surface area contributed by atoms with Crippen molar-refractivity contribution in [3.63, 3.8) is 0 Å². The highest BCUT2D eigenvalue weighted by Crippen LogP contribution is 2.41. The van der Waals surface area contributed by atoms with Crippen LogP contribution in [0, 0.1) is 0 Å². The third-order valence-corrected chi connectivity index (χ3v) is 4.32. The fourth-order valence-corrected chi connectivity index (χ4v) is 3.25. The van der Waals surface area contributed by atoms with E-state index in [1.807, 2.05) is 18.2 Å². The molecule has 0 radical (unpaired) electrons. The van der Waals surface area contributed by atoms with Crippen LogP contribution in [0.3, 0.4) is 0 Å². The van der Waals surface area contributed by atoms with E-state index in [9.17, 15) is 4.79 Å². The molecule has 1 aliphatic carbocycles. The van der Waals surface area contributed by atoms with E-state index < -0.39 is 0 Å². The van der Waals surface area contributed by atoms with Crippen molar-refractivity contribution in [2.45, 2.75) is 63.8 Å². The van der Waals surface area contributed by atoms with Crippen molar-refractivity contribution in [2.24, 2.45) is 0 Å². The fourth-order valence-electron chi connectivity index (χ4n) is 3.25. The molecule has 1 amide bonds. The molecule has 1 aromatic rings. The van der Waals surface area contributed by atoms with Crippen molar-refractivity contribution in [2.75, 3.05) is 0 Å². The maximum absolute atomic E-state index is 12.7. The van der Waals surface area contributed by atoms with Gasteiger partial charge in [-0.2, -0.15) is 0 Å². The lowest BCUT2D eigenvalue weighted by Crippen LogP contribution is -2.46. The van der Waals surface area contributed by atoms with Crippen molar-refractivity contribution in [1.82, 2.24) is 5.32 Å². The Kier molecular flexibility index (Phi) is 4.62. The van der Waals surface area contributed by atoms with Gasteiger partial charge in [-0.1, -0.05) is 56.5 Å². The Morgan fingerprint density at radius 2 is 1.89 bits per heavy atom. The molecule has 0 unspecified atom stereocenters. The second-order valence-corrected chi connectivity index (χ2v) is 5.82. The summed E-state index contributed by atoms with van der Waals surface area (Å²) in [6.45, 7) is 4.26. The summed E-state index contributed by atoms with van der Waals surface area (Å²) in [7, 11) is 0. The Hall–Kier alpha value is -1.31. The van der Waals surface area contributed by atoms with Crippen LogP contribution in [0.4, 0.5) is 0 Å². The summed E-state index contributed by atoms with van der Waals surface area (Å²) in [6.07, 6.45) is 6.45. The van der Waals surface area contributed by atoms with E-state index in [-0.39, 0.29) is 17.4 Å². The SMILES string of the molecule is CCC[C@@H](C)NC(=O)C1(c2ccccc2)CCCC1. The maximum Gasteiger partial charge on any atom is 0.230 e. The Balaban J connectivity index is 2.18. The highest BCUT2D eigenvalue weighted by Gasteiger charge is 2.42. The summed E-state index contributed by atoms with van der Waals surface area (Å²) in [4.78, 5) is 12.7. The maximum atomic E-state index is 12.7. The molecule has 0 saturated heterocycles. The van der Waals surface area contributed by atoms with Gasteiger partial charge in [-0.05, 0) is 31.7 Å². The Bertz CT molecular complexity index is 407. The lowest BCUT2D eigenvalue weighted by atomic mass is 9.78. The molecule has 1 aromatic carbocycles. The third kappa shape index (κ3) is 2.99. The number of amides is 1. The zero-order chi connectivity index (χ0) is 13.7. The molecule has 2 heteroatoms. The minimum Gasteiger partial charge on any atom is -0.353 e. The average Bonchev–Trinajstić information content (AvgIpc) is 2.90. The molecule has 2 nitrogen and oxygen atoms in total. The lowest BCUT2D eigenvalue weighted by Gasteiger charge is -2.30. The molecule has 1 aliphatic rings. The van der Waals surface area contributed by atoms with Gasteiger partial charge in [0.1, 0.15) is 0 Å². The van der Waals surface area contributed by atoms with Gasteiger partial charge in [0.2, 0.25) is 5.91 Å². The van der Waals surface area contributed by atoms with E-state index >= 15 is 0 Å². The van der Waals surface area contributed by atoms with Crippen LogP contribution in [-0.4, -0.2) is 11.9 Å². The van der Waals surface area contributed by atoms with Crippen molar-refractivity contribution < 1.29 is 4.79 Å². The highest BCUT2D eigenvalue weighted by atomic mass is 16.2. The molecule has 0 bridgehead atoms. The molecule has 1 atom stereocenters. The van der Waals surface area contributed by atoms with Crippen LogP contribution in [0.15, 0.2) is 30.3 Å². The fraction of sp³-hybridized carbons (Fsp3) is 0.588. The molecule has 1 saturated carbocycles. The predicted octanol–water partition coefficient (Wildman–Crippen LogP) is 3.80. The second kappa shape index (κ2) is 6.23. The van der Waals surface area contributed by atoms with Crippen LogP contribution >= 0.6 is 0 Å². The molecule has 104 valence electrons. The molecule has 1 N–H and O–H groups in total. The van der Waals surface area contributed by atoms with Crippen molar-refractivity contribution in [3.8, 4) is 0 Å². The van der Waals surface area contributed by atoms with Gasteiger partial charge in [-0.25, -0.2) is 0 Å². The van der Waals surface area contributed by atoms with Gasteiger partial charge in [0.15, 0.2) is 0 Å². The second-order valence-electron chi connectivity index (χ2n) is 5.82. The van der Waals surface area contributed by atoms with E-state index in [1.165, 1.54) is 5.56 Å². The first kappa shape index (κ1) is 14.1. The van der Waals surface area contributed by atoms with Gasteiger partial charge in [-0.15, -0.1) is 0 Å². The summed E-state index contributed by atoms with van der Waals surface area (Å²) in [6, 6.07) is 10.6. The van der Waals surface area contributed by atoms with Crippen molar-refractivity contribution in [1.29, 1.82) is 0 Å². The topological polar surface area (TPSA) is 29.1 Å². The summed E-state index contributed by atoms with van der Waals surface area (Å²) in [5.74, 6) is 0.233. The van der Waals surface area contributed by atoms with Crippen molar-refractivity contribution >= 4 is 5.91 Å². The molecule has 0 aliphatic heterocycles. The molecule has 1 fully saturated rings. The predicted molar refractivity (Wildman–Crippen MR) is 79.1 cm³/mol. The van der Waals surface area contributed by atoms with E-state index in [0.29, 0.717) is 0 Å². The standard InChI is InChI=1S/C17H25NO/c1-3-9-14(2)18-16(19)17(12-7-8-13-17)15-10-5-4-6-11-15/h4-6,10-11,14H,3,7-9,12-13H2,1-2H3,(H,18,19)/t14-/m1/s1. The van der Waals surface area contributed by atoms with Crippen molar-refractivity contribution in [3.05, 3.63) is 35.9 Å². The molecule has 0 aromatic heterocycles. The summed E-state index contributed by atoms with van der Waals surface area (Å²) < 4.78 is 0. The summed E-state index contributed by atoms with van der Waals surface area (Å²) in [5.41, 5.74) is 0.914. The van der Waals surface area contributed by atoms with Gasteiger partial charge in [0, 0.05) is 6.04 Å². The Morgan fingerprint density at radius 1 is 1.26 bits per heavy atom. The Labute approximate surface area is 116 Å². The van der Waals surface area contributed by atoms with Gasteiger partial charge in [0.05, 0.1) is 5.41 Å². The monoisotopic (exact) mass is 259 g/mol. The smallest absolute Gasteiger partial charge is 0.230 e. The van der Waals surface area contributed by atoms with Crippen LogP contribution < -0.4 is 5.32 Å². The Morgan fingerprint density at radius 3 is 2.47 bits per heavy atom. The molecule has 0 spiro atoms. The first-order chi connectivity index (χ1) is 9.19. The molecule has 2 rings (SSSR count). The molecular weight excluding hydrogens is 234 g/mol. The van der Waals surface area contributed by atoms with Crippen LogP contribution in [0.25, 0.3) is 0 Å². The zero-order valence-corrected chi connectivity index (χ0v) is 12.1. The number of hydrogen-bond acceptors (Lipinski definition) is 1.